The van der Waals surface area contributed by atoms with Gasteiger partial charge in [0.25, 0.3) is 0 Å². The van der Waals surface area contributed by atoms with Crippen molar-refractivity contribution in [3.63, 3.8) is 0 Å². The predicted octanol–water partition coefficient (Wildman–Crippen LogP) is 1.16. The van der Waals surface area contributed by atoms with Gasteiger partial charge in [0.1, 0.15) is 5.54 Å². The molecule has 2 atom stereocenters. The first-order chi connectivity index (χ1) is 9.60. The molecule has 1 saturated heterocycles. The van der Waals surface area contributed by atoms with Crippen LogP contribution in [0.25, 0.3) is 0 Å². The summed E-state index contributed by atoms with van der Waals surface area (Å²) in [5.41, 5.74) is 5.58. The summed E-state index contributed by atoms with van der Waals surface area (Å²) in [5.74, 6) is 0.0355. The van der Waals surface area contributed by atoms with E-state index in [1.54, 1.807) is 0 Å². The quantitative estimate of drug-likeness (QED) is 0.678. The van der Waals surface area contributed by atoms with Gasteiger partial charge in [-0.15, -0.1) is 0 Å². The van der Waals surface area contributed by atoms with Crippen molar-refractivity contribution >= 4 is 5.97 Å². The first kappa shape index (κ1) is 15.7. The molecule has 0 radical (unpaired) electrons. The fraction of sp³-hybridized carbons (Fsp3) is 0.933. The minimum Gasteiger partial charge on any atom is -0.465 e. The van der Waals surface area contributed by atoms with E-state index in [2.05, 4.69) is 11.8 Å². The molecule has 116 valence electrons. The molecular weight excluding hydrogens is 256 g/mol. The maximum Gasteiger partial charge on any atom is 0.327 e. The first-order valence-corrected chi connectivity index (χ1v) is 7.90. The van der Waals surface area contributed by atoms with Crippen LogP contribution in [-0.4, -0.2) is 55.4 Å². The van der Waals surface area contributed by atoms with Crippen LogP contribution in [0.4, 0.5) is 0 Å². The standard InChI is InChI=1S/C15H28N2O3/c1-3-17(10-13-6-5-9-20-13)11-15(16,12-7-8-12)14(18)19-4-2/h12-13H,3-11,16H2,1-2H3. The van der Waals surface area contributed by atoms with E-state index >= 15 is 0 Å². The Hall–Kier alpha value is -0.650. The number of ether oxygens (including phenoxy) is 2. The molecule has 2 fully saturated rings. The van der Waals surface area contributed by atoms with Gasteiger partial charge in [-0.3, -0.25) is 4.90 Å². The smallest absolute Gasteiger partial charge is 0.327 e. The maximum absolute atomic E-state index is 12.2. The zero-order valence-electron chi connectivity index (χ0n) is 12.8. The highest BCUT2D eigenvalue weighted by Gasteiger charge is 2.50. The molecule has 0 aromatic carbocycles. The van der Waals surface area contributed by atoms with E-state index in [-0.39, 0.29) is 11.9 Å². The highest BCUT2D eigenvalue weighted by Crippen LogP contribution is 2.39. The van der Waals surface area contributed by atoms with Crippen LogP contribution < -0.4 is 5.73 Å². The average molecular weight is 284 g/mol. The first-order valence-electron chi connectivity index (χ1n) is 7.90. The van der Waals surface area contributed by atoms with Crippen LogP contribution in [0.1, 0.15) is 39.5 Å². The van der Waals surface area contributed by atoms with Crippen molar-refractivity contribution in [2.24, 2.45) is 11.7 Å². The van der Waals surface area contributed by atoms with Crippen molar-refractivity contribution in [1.82, 2.24) is 4.90 Å². The number of carbonyl (C=O) groups excluding carboxylic acids is 1. The fourth-order valence-electron chi connectivity index (χ4n) is 2.98. The summed E-state index contributed by atoms with van der Waals surface area (Å²) in [4.78, 5) is 14.5. The zero-order valence-corrected chi connectivity index (χ0v) is 12.8. The molecule has 1 aliphatic heterocycles. The number of rotatable bonds is 8. The molecule has 2 unspecified atom stereocenters. The van der Waals surface area contributed by atoms with Crippen molar-refractivity contribution in [3.8, 4) is 0 Å². The minimum absolute atomic E-state index is 0.242. The van der Waals surface area contributed by atoms with E-state index in [1.807, 2.05) is 6.92 Å². The molecule has 5 nitrogen and oxygen atoms in total. The van der Waals surface area contributed by atoms with Crippen LogP contribution in [0, 0.1) is 5.92 Å². The summed E-state index contributed by atoms with van der Waals surface area (Å²) in [6.07, 6.45) is 4.60. The summed E-state index contributed by atoms with van der Waals surface area (Å²) >= 11 is 0. The number of hydrogen-bond donors (Lipinski definition) is 1. The zero-order chi connectivity index (χ0) is 14.6. The lowest BCUT2D eigenvalue weighted by molar-refractivity contribution is -0.151. The molecule has 1 heterocycles. The topological polar surface area (TPSA) is 64.8 Å². The Bertz CT molecular complexity index is 327. The third-order valence-electron chi connectivity index (χ3n) is 4.38. The Labute approximate surface area is 121 Å². The molecule has 2 N–H and O–H groups in total. The Morgan fingerprint density at radius 3 is 2.65 bits per heavy atom. The highest BCUT2D eigenvalue weighted by molar-refractivity contribution is 5.82. The minimum atomic E-state index is -0.843. The third kappa shape index (κ3) is 3.71. The van der Waals surface area contributed by atoms with Crippen LogP contribution in [0.2, 0.25) is 0 Å². The Morgan fingerprint density at radius 2 is 2.15 bits per heavy atom. The Kier molecular flexibility index (Phi) is 5.41. The van der Waals surface area contributed by atoms with Gasteiger partial charge in [-0.05, 0) is 45.1 Å². The van der Waals surface area contributed by atoms with Crippen LogP contribution in [-0.2, 0) is 14.3 Å². The van der Waals surface area contributed by atoms with Crippen molar-refractivity contribution in [2.75, 3.05) is 32.8 Å². The summed E-state index contributed by atoms with van der Waals surface area (Å²) in [6, 6.07) is 0. The molecule has 0 bridgehead atoms. The molecule has 0 aromatic rings. The number of hydrogen-bond acceptors (Lipinski definition) is 5. The van der Waals surface area contributed by atoms with E-state index < -0.39 is 5.54 Å². The van der Waals surface area contributed by atoms with Crippen LogP contribution >= 0.6 is 0 Å². The maximum atomic E-state index is 12.2. The van der Waals surface area contributed by atoms with Gasteiger partial charge in [0, 0.05) is 19.7 Å². The van der Waals surface area contributed by atoms with Gasteiger partial charge in [-0.1, -0.05) is 6.92 Å². The second kappa shape index (κ2) is 6.87. The lowest BCUT2D eigenvalue weighted by Gasteiger charge is -2.34. The van der Waals surface area contributed by atoms with Crippen LogP contribution in [0.5, 0.6) is 0 Å². The van der Waals surface area contributed by atoms with Crippen LogP contribution in [0.15, 0.2) is 0 Å². The van der Waals surface area contributed by atoms with Gasteiger partial charge in [-0.2, -0.15) is 0 Å². The third-order valence-corrected chi connectivity index (χ3v) is 4.38. The van der Waals surface area contributed by atoms with Gasteiger partial charge in [0.2, 0.25) is 0 Å². The lowest BCUT2D eigenvalue weighted by Crippen LogP contribution is -2.59. The molecule has 20 heavy (non-hydrogen) atoms. The Morgan fingerprint density at radius 1 is 1.40 bits per heavy atom. The number of likely N-dealkylation sites (N-methyl/N-ethyl adjacent to an activating group) is 1. The summed E-state index contributed by atoms with van der Waals surface area (Å²) in [7, 11) is 0. The average Bonchev–Trinajstić information content (AvgIpc) is 3.18. The molecule has 0 aromatic heterocycles. The number of nitrogens with two attached hydrogens (primary N) is 1. The van der Waals surface area contributed by atoms with Gasteiger partial charge in [-0.25, -0.2) is 4.79 Å². The summed E-state index contributed by atoms with van der Waals surface area (Å²) in [6.45, 7) is 7.50. The largest absolute Gasteiger partial charge is 0.465 e. The number of nitrogens with zero attached hydrogens (tertiary/aromatic N) is 1. The van der Waals surface area contributed by atoms with Crippen molar-refractivity contribution < 1.29 is 14.3 Å². The molecule has 1 saturated carbocycles. The number of carbonyl (C=O) groups is 1. The summed E-state index contributed by atoms with van der Waals surface area (Å²) in [5, 5.41) is 0. The normalized spacial score (nSPS) is 25.7. The van der Waals surface area contributed by atoms with Crippen LogP contribution in [0.3, 0.4) is 0 Å². The lowest BCUT2D eigenvalue weighted by atomic mass is 9.93. The SMILES string of the molecule is CCOC(=O)C(N)(CN(CC)CC1CCCO1)C1CC1. The monoisotopic (exact) mass is 284 g/mol. The van der Waals surface area contributed by atoms with E-state index in [4.69, 9.17) is 15.2 Å². The van der Waals surface area contributed by atoms with E-state index in [9.17, 15) is 4.79 Å². The molecule has 5 heteroatoms. The number of esters is 1. The predicted molar refractivity (Wildman–Crippen MR) is 77.4 cm³/mol. The summed E-state index contributed by atoms with van der Waals surface area (Å²) < 4.78 is 10.9. The molecule has 0 spiro atoms. The van der Waals surface area contributed by atoms with Crippen molar-refractivity contribution in [3.05, 3.63) is 0 Å². The molecule has 2 aliphatic rings. The van der Waals surface area contributed by atoms with Crippen molar-refractivity contribution in [1.29, 1.82) is 0 Å². The molecule has 2 rings (SSSR count). The highest BCUT2D eigenvalue weighted by atomic mass is 16.5. The van der Waals surface area contributed by atoms with E-state index in [0.29, 0.717) is 19.3 Å². The molecular formula is C15H28N2O3. The molecule has 1 aliphatic carbocycles. The second-order valence-corrected chi connectivity index (χ2v) is 6.00. The Balaban J connectivity index is 1.95. The second-order valence-electron chi connectivity index (χ2n) is 6.00. The van der Waals surface area contributed by atoms with Gasteiger partial charge >= 0.3 is 5.97 Å². The van der Waals surface area contributed by atoms with Gasteiger partial charge in [0.05, 0.1) is 12.7 Å². The van der Waals surface area contributed by atoms with Gasteiger partial charge < -0.3 is 15.2 Å². The van der Waals surface area contributed by atoms with Crippen molar-refractivity contribution in [2.45, 2.75) is 51.2 Å². The molecule has 0 amide bonds. The van der Waals surface area contributed by atoms with Gasteiger partial charge in [0.15, 0.2) is 0 Å². The fourth-order valence-corrected chi connectivity index (χ4v) is 2.98. The van der Waals surface area contributed by atoms with E-state index in [1.165, 1.54) is 0 Å². The van der Waals surface area contributed by atoms with E-state index in [0.717, 1.165) is 45.4 Å².